The Bertz CT molecular complexity index is 842. The van der Waals surface area contributed by atoms with Crippen LogP contribution in [0.1, 0.15) is 35.5 Å². The van der Waals surface area contributed by atoms with Gasteiger partial charge in [0.15, 0.2) is 11.5 Å². The summed E-state index contributed by atoms with van der Waals surface area (Å²) in [5.41, 5.74) is 1.90. The minimum Gasteiger partial charge on any atom is -0.441 e. The fourth-order valence-electron chi connectivity index (χ4n) is 3.73. The molecule has 1 aromatic heterocycles. The third-order valence-corrected chi connectivity index (χ3v) is 5.23. The lowest BCUT2D eigenvalue weighted by Crippen LogP contribution is -2.42. The van der Waals surface area contributed by atoms with Crippen LogP contribution in [0.3, 0.4) is 0 Å². The van der Waals surface area contributed by atoms with Crippen molar-refractivity contribution in [3.8, 4) is 0 Å². The molecule has 7 nitrogen and oxygen atoms in total. The van der Waals surface area contributed by atoms with E-state index in [4.69, 9.17) is 4.42 Å². The summed E-state index contributed by atoms with van der Waals surface area (Å²) in [6.45, 7) is 3.43. The fourth-order valence-corrected chi connectivity index (χ4v) is 3.73. The first kappa shape index (κ1) is 17.0. The number of carbonyl (C=O) groups excluding carboxylic acids is 2. The summed E-state index contributed by atoms with van der Waals surface area (Å²) in [5, 5.41) is 5.82. The Labute approximate surface area is 152 Å². The molecule has 1 aliphatic carbocycles. The van der Waals surface area contributed by atoms with Crippen LogP contribution >= 0.6 is 0 Å². The second-order valence-electron chi connectivity index (χ2n) is 7.35. The summed E-state index contributed by atoms with van der Waals surface area (Å²) in [6.07, 6.45) is 3.12. The Kier molecular flexibility index (Phi) is 4.40. The highest BCUT2D eigenvalue weighted by Gasteiger charge is 2.39. The van der Waals surface area contributed by atoms with Crippen LogP contribution in [0.4, 0.5) is 0 Å². The maximum atomic E-state index is 12.6. The van der Waals surface area contributed by atoms with Crippen LogP contribution in [-0.2, 0) is 4.79 Å². The molecule has 4 rings (SSSR count). The molecule has 0 unspecified atom stereocenters. The van der Waals surface area contributed by atoms with Gasteiger partial charge in [-0.3, -0.25) is 14.5 Å². The van der Waals surface area contributed by atoms with Crippen molar-refractivity contribution >= 4 is 22.9 Å². The molecule has 1 aromatic carbocycles. The van der Waals surface area contributed by atoms with Crippen LogP contribution < -0.4 is 10.6 Å². The number of hydrogen-bond acceptors (Lipinski definition) is 5. The Morgan fingerprint density at radius 2 is 2.15 bits per heavy atom. The molecule has 2 aliphatic rings. The monoisotopic (exact) mass is 356 g/mol. The Morgan fingerprint density at radius 3 is 2.88 bits per heavy atom. The number of hydrogen-bond donors (Lipinski definition) is 2. The van der Waals surface area contributed by atoms with Gasteiger partial charge in [-0.15, -0.1) is 0 Å². The number of amides is 2. The van der Waals surface area contributed by atoms with Crippen LogP contribution in [0.15, 0.2) is 22.6 Å². The molecular formula is C19H24N4O3. The van der Waals surface area contributed by atoms with E-state index in [1.165, 1.54) is 12.8 Å². The number of fused-ring (bicyclic) bond motifs is 1. The van der Waals surface area contributed by atoms with E-state index in [1.807, 2.05) is 0 Å². The van der Waals surface area contributed by atoms with E-state index in [-0.39, 0.29) is 23.9 Å². The average Bonchev–Trinajstić information content (AvgIpc) is 3.22. The first-order chi connectivity index (χ1) is 12.5. The van der Waals surface area contributed by atoms with Gasteiger partial charge in [0.2, 0.25) is 5.91 Å². The molecule has 2 N–H and O–H groups in total. The van der Waals surface area contributed by atoms with Crippen LogP contribution in [-0.4, -0.2) is 53.9 Å². The van der Waals surface area contributed by atoms with E-state index >= 15 is 0 Å². The van der Waals surface area contributed by atoms with Crippen molar-refractivity contribution in [1.29, 1.82) is 0 Å². The van der Waals surface area contributed by atoms with Gasteiger partial charge >= 0.3 is 0 Å². The van der Waals surface area contributed by atoms with Gasteiger partial charge in [0.1, 0.15) is 5.52 Å². The summed E-state index contributed by atoms with van der Waals surface area (Å²) in [4.78, 5) is 31.3. The Hall–Kier alpha value is -2.41. The van der Waals surface area contributed by atoms with Crippen LogP contribution in [0.5, 0.6) is 0 Å². The highest BCUT2D eigenvalue weighted by molar-refractivity contribution is 5.97. The predicted octanol–water partition coefficient (Wildman–Crippen LogP) is 1.46. The van der Waals surface area contributed by atoms with Crippen LogP contribution in [0.25, 0.3) is 11.1 Å². The molecule has 0 spiro atoms. The summed E-state index contributed by atoms with van der Waals surface area (Å²) in [7, 11) is 1.66. The predicted molar refractivity (Wildman–Crippen MR) is 96.8 cm³/mol. The van der Waals surface area contributed by atoms with Gasteiger partial charge in [0, 0.05) is 38.7 Å². The quantitative estimate of drug-likeness (QED) is 0.847. The molecule has 2 heterocycles. The molecule has 7 heteroatoms. The van der Waals surface area contributed by atoms with Gasteiger partial charge < -0.3 is 15.1 Å². The van der Waals surface area contributed by atoms with E-state index < -0.39 is 0 Å². The largest absolute Gasteiger partial charge is 0.441 e. The molecule has 0 bridgehead atoms. The van der Waals surface area contributed by atoms with Crippen molar-refractivity contribution in [3.63, 3.8) is 0 Å². The number of oxazole rings is 1. The van der Waals surface area contributed by atoms with E-state index in [9.17, 15) is 9.59 Å². The maximum Gasteiger partial charge on any atom is 0.251 e. The molecule has 1 saturated heterocycles. The number of nitrogens with zero attached hydrogens (tertiary/aromatic N) is 2. The smallest absolute Gasteiger partial charge is 0.251 e. The number of likely N-dealkylation sites (tertiary alicyclic amines) is 1. The second kappa shape index (κ2) is 6.72. The van der Waals surface area contributed by atoms with Gasteiger partial charge in [0.25, 0.3) is 5.91 Å². The minimum atomic E-state index is -0.162. The van der Waals surface area contributed by atoms with E-state index in [0.29, 0.717) is 35.9 Å². The lowest BCUT2D eigenvalue weighted by atomic mass is 10.1. The lowest BCUT2D eigenvalue weighted by molar-refractivity contribution is -0.125. The van der Waals surface area contributed by atoms with Gasteiger partial charge in [-0.1, -0.05) is 0 Å². The topological polar surface area (TPSA) is 87.5 Å². The average molecular weight is 356 g/mol. The van der Waals surface area contributed by atoms with Crippen molar-refractivity contribution in [2.45, 2.75) is 38.3 Å². The van der Waals surface area contributed by atoms with E-state index in [0.717, 1.165) is 12.1 Å². The minimum absolute atomic E-state index is 0.0287. The maximum absolute atomic E-state index is 12.6. The SMILES string of the molecule is CNC(=O)[C@@H]1C[C@@H](NC(=O)c2ccc3nc(C)oc3c2)CN1CC1CC1. The van der Waals surface area contributed by atoms with Crippen LogP contribution in [0.2, 0.25) is 0 Å². The molecule has 2 atom stereocenters. The van der Waals surface area contributed by atoms with Crippen molar-refractivity contribution in [1.82, 2.24) is 20.5 Å². The van der Waals surface area contributed by atoms with Gasteiger partial charge in [-0.2, -0.15) is 0 Å². The number of carbonyl (C=O) groups is 2. The first-order valence-corrected chi connectivity index (χ1v) is 9.17. The lowest BCUT2D eigenvalue weighted by Gasteiger charge is -2.22. The summed E-state index contributed by atoms with van der Waals surface area (Å²) in [5.74, 6) is 1.17. The molecule has 2 amide bonds. The number of rotatable bonds is 5. The van der Waals surface area contributed by atoms with Crippen LogP contribution in [0, 0.1) is 12.8 Å². The van der Waals surface area contributed by atoms with Crippen molar-refractivity contribution in [3.05, 3.63) is 29.7 Å². The number of benzene rings is 1. The highest BCUT2D eigenvalue weighted by atomic mass is 16.3. The third kappa shape index (κ3) is 3.44. The first-order valence-electron chi connectivity index (χ1n) is 9.17. The van der Waals surface area contributed by atoms with Gasteiger partial charge in [-0.25, -0.2) is 4.98 Å². The summed E-state index contributed by atoms with van der Waals surface area (Å²) >= 11 is 0. The summed E-state index contributed by atoms with van der Waals surface area (Å²) < 4.78 is 5.51. The number of likely N-dealkylation sites (N-methyl/N-ethyl adjacent to an activating group) is 1. The zero-order valence-corrected chi connectivity index (χ0v) is 15.1. The zero-order valence-electron chi connectivity index (χ0n) is 15.1. The van der Waals surface area contributed by atoms with Gasteiger partial charge in [-0.05, 0) is 43.4 Å². The standard InChI is InChI=1S/C19H24N4O3/c1-11-21-15-6-5-13(7-17(15)26-11)18(24)22-14-8-16(19(25)20-2)23(10-14)9-12-3-4-12/h5-7,12,14,16H,3-4,8-10H2,1-2H3,(H,20,25)(H,22,24)/t14-,16+/m1/s1. The van der Waals surface area contributed by atoms with Gasteiger partial charge in [0.05, 0.1) is 6.04 Å². The van der Waals surface area contributed by atoms with Crippen molar-refractivity contribution in [2.75, 3.05) is 20.1 Å². The normalized spacial score (nSPS) is 23.3. The number of aryl methyl sites for hydroxylation is 1. The molecule has 2 fully saturated rings. The summed E-state index contributed by atoms with van der Waals surface area (Å²) in [6, 6.07) is 5.08. The molecule has 1 aliphatic heterocycles. The highest BCUT2D eigenvalue weighted by Crippen LogP contribution is 2.32. The molecule has 2 aromatic rings. The van der Waals surface area contributed by atoms with E-state index in [2.05, 4.69) is 20.5 Å². The molecule has 26 heavy (non-hydrogen) atoms. The second-order valence-corrected chi connectivity index (χ2v) is 7.35. The molecular weight excluding hydrogens is 332 g/mol. The number of aromatic nitrogens is 1. The third-order valence-electron chi connectivity index (χ3n) is 5.23. The number of nitrogens with one attached hydrogen (secondary N) is 2. The Morgan fingerprint density at radius 1 is 1.35 bits per heavy atom. The van der Waals surface area contributed by atoms with E-state index in [1.54, 1.807) is 32.2 Å². The molecule has 138 valence electrons. The van der Waals surface area contributed by atoms with Crippen molar-refractivity contribution < 1.29 is 14.0 Å². The Balaban J connectivity index is 1.44. The molecule has 0 radical (unpaired) electrons. The fraction of sp³-hybridized carbons (Fsp3) is 0.526. The molecule has 1 saturated carbocycles. The zero-order chi connectivity index (χ0) is 18.3. The van der Waals surface area contributed by atoms with Crippen molar-refractivity contribution in [2.24, 2.45) is 5.92 Å².